The molecule has 0 saturated heterocycles. The summed E-state index contributed by atoms with van der Waals surface area (Å²) >= 11 is 0. The minimum Gasteiger partial charge on any atom is -0.385 e. The lowest BCUT2D eigenvalue weighted by Crippen LogP contribution is -2.25. The molecule has 1 unspecified atom stereocenters. The molecule has 1 N–H and O–H groups in total. The van der Waals surface area contributed by atoms with Gasteiger partial charge in [-0.15, -0.1) is 0 Å². The Morgan fingerprint density at radius 3 is 2.70 bits per heavy atom. The summed E-state index contributed by atoms with van der Waals surface area (Å²) in [5.41, 5.74) is 4.09. The highest BCUT2D eigenvalue weighted by Crippen LogP contribution is 2.40. The van der Waals surface area contributed by atoms with Crippen molar-refractivity contribution in [2.24, 2.45) is 0 Å². The molecule has 1 nitrogen and oxygen atoms in total. The smallest absolute Gasteiger partial charge is 0.126 e. The van der Waals surface area contributed by atoms with Gasteiger partial charge < -0.3 is 5.11 Å². The average molecular weight is 270 g/mol. The summed E-state index contributed by atoms with van der Waals surface area (Å²) in [6, 6.07) is 11.3. The fraction of sp³-hybridized carbons (Fsp3) is 0.333. The van der Waals surface area contributed by atoms with Gasteiger partial charge in [-0.3, -0.25) is 0 Å². The van der Waals surface area contributed by atoms with Crippen molar-refractivity contribution in [3.8, 4) is 0 Å². The van der Waals surface area contributed by atoms with E-state index in [1.165, 1.54) is 17.2 Å². The molecule has 3 rings (SSSR count). The molecule has 0 aliphatic heterocycles. The first-order valence-electron chi connectivity index (χ1n) is 7.06. The Morgan fingerprint density at radius 2 is 1.95 bits per heavy atom. The Kier molecular flexibility index (Phi) is 3.14. The van der Waals surface area contributed by atoms with Gasteiger partial charge in [-0.25, -0.2) is 4.39 Å². The van der Waals surface area contributed by atoms with Gasteiger partial charge in [0.25, 0.3) is 0 Å². The second-order valence-corrected chi connectivity index (χ2v) is 5.89. The molecule has 104 valence electrons. The third-order valence-corrected chi connectivity index (χ3v) is 4.48. The van der Waals surface area contributed by atoms with Crippen molar-refractivity contribution in [1.29, 1.82) is 0 Å². The minimum absolute atomic E-state index is 0.196. The molecular formula is C18H19FO. The van der Waals surface area contributed by atoms with Crippen LogP contribution in [0.4, 0.5) is 4.39 Å². The lowest BCUT2D eigenvalue weighted by molar-refractivity contribution is 0.0389. The van der Waals surface area contributed by atoms with Crippen molar-refractivity contribution < 1.29 is 9.50 Å². The van der Waals surface area contributed by atoms with E-state index < -0.39 is 5.60 Å². The highest BCUT2D eigenvalue weighted by Gasteiger charge is 2.37. The van der Waals surface area contributed by atoms with Crippen LogP contribution in [0.5, 0.6) is 0 Å². The molecule has 0 saturated carbocycles. The normalized spacial score (nSPS) is 21.0. The maximum Gasteiger partial charge on any atom is 0.126 e. The molecule has 1 aliphatic carbocycles. The number of benzene rings is 2. The summed E-state index contributed by atoms with van der Waals surface area (Å²) in [5.74, 6) is -0.196. The van der Waals surface area contributed by atoms with Crippen molar-refractivity contribution in [2.75, 3.05) is 0 Å². The van der Waals surface area contributed by atoms with Crippen LogP contribution in [-0.2, 0) is 18.4 Å². The number of rotatable bonds is 2. The molecule has 2 heteroatoms. The Morgan fingerprint density at radius 1 is 1.15 bits per heavy atom. The summed E-state index contributed by atoms with van der Waals surface area (Å²) in [4.78, 5) is 0. The highest BCUT2D eigenvalue weighted by atomic mass is 19.1. The van der Waals surface area contributed by atoms with Gasteiger partial charge in [-0.2, -0.15) is 0 Å². The maximum absolute atomic E-state index is 13.8. The number of hydrogen-bond donors (Lipinski definition) is 1. The molecule has 0 bridgehead atoms. The standard InChI is InChI=1S/C18H19FO/c1-12-6-7-14(10-13(12)2)11-18(20)9-8-15-16(18)4-3-5-17(15)19/h3-7,10,20H,8-9,11H2,1-2H3. The number of fused-ring (bicyclic) bond motifs is 1. The van der Waals surface area contributed by atoms with E-state index in [2.05, 4.69) is 32.0 Å². The van der Waals surface area contributed by atoms with Crippen LogP contribution in [0.2, 0.25) is 0 Å². The summed E-state index contributed by atoms with van der Waals surface area (Å²) < 4.78 is 13.8. The van der Waals surface area contributed by atoms with Crippen LogP contribution in [0.15, 0.2) is 36.4 Å². The largest absolute Gasteiger partial charge is 0.385 e. The predicted octanol–water partition coefficient (Wildman–Crippen LogP) is 3.82. The second-order valence-electron chi connectivity index (χ2n) is 5.89. The topological polar surface area (TPSA) is 20.2 Å². The van der Waals surface area contributed by atoms with E-state index >= 15 is 0 Å². The summed E-state index contributed by atoms with van der Waals surface area (Å²) in [5, 5.41) is 10.9. The zero-order valence-corrected chi connectivity index (χ0v) is 11.9. The minimum atomic E-state index is -0.931. The molecule has 20 heavy (non-hydrogen) atoms. The van der Waals surface area contributed by atoms with Crippen LogP contribution >= 0.6 is 0 Å². The Hall–Kier alpha value is -1.67. The Labute approximate surface area is 119 Å². The summed E-state index contributed by atoms with van der Waals surface area (Å²) in [7, 11) is 0. The van der Waals surface area contributed by atoms with Gasteiger partial charge in [0.05, 0.1) is 5.60 Å². The van der Waals surface area contributed by atoms with E-state index in [9.17, 15) is 9.50 Å². The van der Waals surface area contributed by atoms with Gasteiger partial charge in [-0.05, 0) is 60.6 Å². The van der Waals surface area contributed by atoms with Crippen molar-refractivity contribution in [3.05, 3.63) is 70.0 Å². The molecule has 1 aliphatic rings. The number of aliphatic hydroxyl groups is 1. The predicted molar refractivity (Wildman–Crippen MR) is 78.2 cm³/mol. The molecule has 0 amide bonds. The van der Waals surface area contributed by atoms with Crippen molar-refractivity contribution in [1.82, 2.24) is 0 Å². The monoisotopic (exact) mass is 270 g/mol. The fourth-order valence-corrected chi connectivity index (χ4v) is 3.15. The molecule has 0 radical (unpaired) electrons. The van der Waals surface area contributed by atoms with Crippen LogP contribution in [0.3, 0.4) is 0 Å². The van der Waals surface area contributed by atoms with E-state index in [1.807, 2.05) is 6.07 Å². The van der Waals surface area contributed by atoms with Crippen LogP contribution in [-0.4, -0.2) is 5.11 Å². The van der Waals surface area contributed by atoms with E-state index in [0.29, 0.717) is 24.8 Å². The van der Waals surface area contributed by atoms with Crippen molar-refractivity contribution >= 4 is 0 Å². The number of aryl methyl sites for hydroxylation is 2. The first kappa shape index (κ1) is 13.3. The van der Waals surface area contributed by atoms with Gasteiger partial charge >= 0.3 is 0 Å². The number of halogens is 1. The molecule has 2 aromatic carbocycles. The van der Waals surface area contributed by atoms with Crippen molar-refractivity contribution in [2.45, 2.75) is 38.7 Å². The zero-order chi connectivity index (χ0) is 14.3. The van der Waals surface area contributed by atoms with Gasteiger partial charge in [0.1, 0.15) is 5.82 Å². The first-order chi connectivity index (χ1) is 9.49. The Balaban J connectivity index is 1.96. The molecule has 0 heterocycles. The van der Waals surface area contributed by atoms with Gasteiger partial charge in [0.2, 0.25) is 0 Å². The summed E-state index contributed by atoms with van der Waals surface area (Å²) in [6.45, 7) is 4.15. The number of hydrogen-bond acceptors (Lipinski definition) is 1. The van der Waals surface area contributed by atoms with E-state index in [4.69, 9.17) is 0 Å². The second kappa shape index (κ2) is 4.71. The van der Waals surface area contributed by atoms with E-state index in [1.54, 1.807) is 6.07 Å². The van der Waals surface area contributed by atoms with Crippen LogP contribution in [0.1, 0.15) is 34.2 Å². The average Bonchev–Trinajstić information content (AvgIpc) is 2.73. The van der Waals surface area contributed by atoms with Gasteiger partial charge in [-0.1, -0.05) is 30.3 Å². The Bertz CT molecular complexity index is 662. The zero-order valence-electron chi connectivity index (χ0n) is 11.9. The molecule has 1 atom stereocenters. The van der Waals surface area contributed by atoms with Crippen LogP contribution in [0, 0.1) is 19.7 Å². The lowest BCUT2D eigenvalue weighted by Gasteiger charge is -2.24. The molecular weight excluding hydrogens is 251 g/mol. The van der Waals surface area contributed by atoms with E-state index in [0.717, 1.165) is 11.1 Å². The van der Waals surface area contributed by atoms with Crippen LogP contribution < -0.4 is 0 Å². The van der Waals surface area contributed by atoms with Gasteiger partial charge in [0.15, 0.2) is 0 Å². The first-order valence-corrected chi connectivity index (χ1v) is 7.06. The maximum atomic E-state index is 13.8. The molecule has 0 fully saturated rings. The molecule has 0 aromatic heterocycles. The third kappa shape index (κ3) is 2.14. The highest BCUT2D eigenvalue weighted by molar-refractivity contribution is 5.40. The van der Waals surface area contributed by atoms with E-state index in [-0.39, 0.29) is 5.82 Å². The van der Waals surface area contributed by atoms with Gasteiger partial charge in [0, 0.05) is 6.42 Å². The quantitative estimate of drug-likeness (QED) is 0.879. The van der Waals surface area contributed by atoms with Crippen LogP contribution in [0.25, 0.3) is 0 Å². The SMILES string of the molecule is Cc1ccc(CC2(O)CCc3c(F)cccc32)cc1C. The fourth-order valence-electron chi connectivity index (χ4n) is 3.15. The summed E-state index contributed by atoms with van der Waals surface area (Å²) in [6.07, 6.45) is 1.75. The third-order valence-electron chi connectivity index (χ3n) is 4.48. The lowest BCUT2D eigenvalue weighted by atomic mass is 9.88. The van der Waals surface area contributed by atoms with Crippen molar-refractivity contribution in [3.63, 3.8) is 0 Å². The molecule has 2 aromatic rings. The molecule has 0 spiro atoms.